The molecule has 34 heavy (non-hydrogen) atoms. The number of aliphatic hydroxyl groups is 1. The zero-order valence-corrected chi connectivity index (χ0v) is 19.9. The number of amides is 1. The highest BCUT2D eigenvalue weighted by Gasteiger charge is 2.46. The first-order chi connectivity index (χ1) is 16.3. The Bertz CT molecular complexity index is 1250. The van der Waals surface area contributed by atoms with Gasteiger partial charge in [0, 0.05) is 16.8 Å². The third-order valence-corrected chi connectivity index (χ3v) is 5.85. The topological polar surface area (TPSA) is 79.7 Å². The van der Waals surface area contributed by atoms with Gasteiger partial charge in [0.25, 0.3) is 11.7 Å². The number of aliphatic hydroxyl groups excluding tert-OH is 1. The number of pyridine rings is 1. The van der Waals surface area contributed by atoms with Crippen molar-refractivity contribution in [3.05, 3.63) is 99.8 Å². The van der Waals surface area contributed by atoms with Crippen LogP contribution in [0.4, 0.5) is 0 Å². The molecule has 1 atom stereocenters. The number of ketones is 1. The van der Waals surface area contributed by atoms with Crippen LogP contribution in [-0.4, -0.2) is 32.8 Å². The lowest BCUT2D eigenvalue weighted by atomic mass is 9.94. The number of Topliss-reactive ketones (excluding diaryl/α,β-unsaturated/α-hetero) is 1. The Kier molecular flexibility index (Phi) is 6.70. The molecule has 1 aliphatic heterocycles. The maximum atomic E-state index is 13.2. The molecule has 1 unspecified atom stereocenters. The van der Waals surface area contributed by atoms with Gasteiger partial charge in [-0.25, -0.2) is 0 Å². The number of ether oxygens (including phenoxy) is 1. The lowest BCUT2D eigenvalue weighted by Gasteiger charge is -2.25. The van der Waals surface area contributed by atoms with Crippen LogP contribution in [-0.2, 0) is 16.1 Å². The highest BCUT2D eigenvalue weighted by Crippen LogP contribution is 2.40. The summed E-state index contributed by atoms with van der Waals surface area (Å²) in [5.74, 6) is -0.977. The third kappa shape index (κ3) is 4.68. The Labute approximate surface area is 203 Å². The molecule has 0 spiro atoms. The molecule has 0 bridgehead atoms. The van der Waals surface area contributed by atoms with Crippen molar-refractivity contribution < 1.29 is 19.4 Å². The molecule has 7 heteroatoms. The number of halogens is 1. The van der Waals surface area contributed by atoms with E-state index in [1.165, 1.54) is 4.90 Å². The summed E-state index contributed by atoms with van der Waals surface area (Å²) in [5.41, 5.74) is 2.57. The number of hydrogen-bond donors (Lipinski definition) is 1. The van der Waals surface area contributed by atoms with Crippen LogP contribution in [0.3, 0.4) is 0 Å². The molecular formula is C27H25ClN2O4. The van der Waals surface area contributed by atoms with Crippen LogP contribution in [0.2, 0.25) is 5.02 Å². The minimum Gasteiger partial charge on any atom is -0.507 e. The highest BCUT2D eigenvalue weighted by molar-refractivity contribution is 6.46. The second-order valence-corrected chi connectivity index (χ2v) is 8.88. The summed E-state index contributed by atoms with van der Waals surface area (Å²) in [7, 11) is 0. The van der Waals surface area contributed by atoms with Crippen molar-refractivity contribution in [2.75, 3.05) is 0 Å². The van der Waals surface area contributed by atoms with Crippen LogP contribution in [0.5, 0.6) is 5.75 Å². The molecule has 2 heterocycles. The molecule has 0 radical (unpaired) electrons. The van der Waals surface area contributed by atoms with Crippen LogP contribution in [0.15, 0.2) is 72.4 Å². The molecule has 1 aromatic heterocycles. The minimum atomic E-state index is -0.786. The van der Waals surface area contributed by atoms with Crippen LogP contribution in [0.25, 0.3) is 5.76 Å². The predicted molar refractivity (Wildman–Crippen MR) is 130 cm³/mol. The Balaban J connectivity index is 1.82. The van der Waals surface area contributed by atoms with E-state index >= 15 is 0 Å². The van der Waals surface area contributed by atoms with Crippen molar-refractivity contribution in [1.29, 1.82) is 0 Å². The van der Waals surface area contributed by atoms with E-state index in [1.54, 1.807) is 60.8 Å². The fourth-order valence-corrected chi connectivity index (χ4v) is 4.17. The smallest absolute Gasteiger partial charge is 0.296 e. The molecule has 1 N–H and O–H groups in total. The maximum absolute atomic E-state index is 13.2. The molecule has 0 aliphatic carbocycles. The standard InChI is InChI=1S/C27H25ClN2O4/c1-16(2)34-22-12-9-19(14-17(22)3)25(31)23-24(18-7-10-20(28)11-8-18)30(27(33)26(23)32)15-21-6-4-5-13-29-21/h4-14,16,24,31H,15H2,1-3H3/b25-23-. The van der Waals surface area contributed by atoms with Crippen molar-refractivity contribution in [3.8, 4) is 5.75 Å². The number of aromatic nitrogens is 1. The molecule has 1 fully saturated rings. The van der Waals surface area contributed by atoms with Crippen molar-refractivity contribution >= 4 is 29.1 Å². The second kappa shape index (κ2) is 9.69. The van der Waals surface area contributed by atoms with E-state index in [4.69, 9.17) is 16.3 Å². The Hall–Kier alpha value is -3.64. The largest absolute Gasteiger partial charge is 0.507 e. The van der Waals surface area contributed by atoms with E-state index in [0.29, 0.717) is 27.6 Å². The van der Waals surface area contributed by atoms with Gasteiger partial charge in [0.05, 0.1) is 30.0 Å². The van der Waals surface area contributed by atoms with Gasteiger partial charge in [-0.1, -0.05) is 29.8 Å². The molecular weight excluding hydrogens is 452 g/mol. The molecule has 1 aliphatic rings. The number of rotatable bonds is 6. The van der Waals surface area contributed by atoms with Crippen molar-refractivity contribution in [3.63, 3.8) is 0 Å². The second-order valence-electron chi connectivity index (χ2n) is 8.45. The Morgan fingerprint density at radius 1 is 1.12 bits per heavy atom. The average molecular weight is 477 g/mol. The zero-order valence-electron chi connectivity index (χ0n) is 19.2. The van der Waals surface area contributed by atoms with Gasteiger partial charge in [-0.3, -0.25) is 14.6 Å². The fraction of sp³-hybridized carbons (Fsp3) is 0.222. The van der Waals surface area contributed by atoms with E-state index < -0.39 is 17.7 Å². The number of carbonyl (C=O) groups excluding carboxylic acids is 2. The van der Waals surface area contributed by atoms with Gasteiger partial charge in [-0.05, 0) is 74.4 Å². The monoisotopic (exact) mass is 476 g/mol. The third-order valence-electron chi connectivity index (χ3n) is 5.60. The number of benzene rings is 2. The first kappa shape index (κ1) is 23.5. The average Bonchev–Trinajstić information content (AvgIpc) is 3.06. The van der Waals surface area contributed by atoms with E-state index in [0.717, 1.165) is 5.56 Å². The number of carbonyl (C=O) groups is 2. The lowest BCUT2D eigenvalue weighted by Crippen LogP contribution is -2.29. The van der Waals surface area contributed by atoms with Crippen molar-refractivity contribution in [2.24, 2.45) is 0 Å². The predicted octanol–water partition coefficient (Wildman–Crippen LogP) is 5.45. The minimum absolute atomic E-state index is 0.0000257. The Morgan fingerprint density at radius 2 is 1.85 bits per heavy atom. The number of aryl methyl sites for hydroxylation is 1. The summed E-state index contributed by atoms with van der Waals surface area (Å²) in [5, 5.41) is 11.8. The lowest BCUT2D eigenvalue weighted by molar-refractivity contribution is -0.140. The summed E-state index contributed by atoms with van der Waals surface area (Å²) in [6.45, 7) is 5.85. The van der Waals surface area contributed by atoms with Gasteiger partial charge in [-0.15, -0.1) is 0 Å². The first-order valence-corrected chi connectivity index (χ1v) is 11.4. The maximum Gasteiger partial charge on any atom is 0.296 e. The molecule has 1 amide bonds. The summed E-state index contributed by atoms with van der Waals surface area (Å²) in [4.78, 5) is 32.0. The van der Waals surface area contributed by atoms with Crippen LogP contribution in [0.1, 0.15) is 42.3 Å². The van der Waals surface area contributed by atoms with Gasteiger partial charge < -0.3 is 14.7 Å². The van der Waals surface area contributed by atoms with Crippen LogP contribution in [0, 0.1) is 6.92 Å². The van der Waals surface area contributed by atoms with E-state index in [2.05, 4.69) is 4.98 Å². The molecule has 1 saturated heterocycles. The molecule has 0 saturated carbocycles. The molecule has 174 valence electrons. The summed E-state index contributed by atoms with van der Waals surface area (Å²) in [6, 6.07) is 16.7. The van der Waals surface area contributed by atoms with Gasteiger partial charge >= 0.3 is 0 Å². The van der Waals surface area contributed by atoms with E-state index in [9.17, 15) is 14.7 Å². The van der Waals surface area contributed by atoms with Crippen molar-refractivity contribution in [2.45, 2.75) is 39.5 Å². The van der Waals surface area contributed by atoms with Gasteiger partial charge in [-0.2, -0.15) is 0 Å². The Morgan fingerprint density at radius 3 is 2.47 bits per heavy atom. The van der Waals surface area contributed by atoms with Crippen molar-refractivity contribution in [1.82, 2.24) is 9.88 Å². The number of hydrogen-bond acceptors (Lipinski definition) is 5. The van der Waals surface area contributed by atoms with E-state index in [1.807, 2.05) is 26.8 Å². The molecule has 6 nitrogen and oxygen atoms in total. The summed E-state index contributed by atoms with van der Waals surface area (Å²) >= 11 is 6.07. The highest BCUT2D eigenvalue weighted by atomic mass is 35.5. The fourth-order valence-electron chi connectivity index (χ4n) is 4.04. The number of likely N-dealkylation sites (tertiary alicyclic amines) is 1. The molecule has 2 aromatic carbocycles. The summed E-state index contributed by atoms with van der Waals surface area (Å²) in [6.07, 6.45) is 1.63. The summed E-state index contributed by atoms with van der Waals surface area (Å²) < 4.78 is 5.78. The quantitative estimate of drug-likeness (QED) is 0.290. The van der Waals surface area contributed by atoms with Gasteiger partial charge in [0.15, 0.2) is 0 Å². The van der Waals surface area contributed by atoms with E-state index in [-0.39, 0.29) is 24.0 Å². The van der Waals surface area contributed by atoms with Gasteiger partial charge in [0.1, 0.15) is 11.5 Å². The van der Waals surface area contributed by atoms with Crippen LogP contribution < -0.4 is 4.74 Å². The SMILES string of the molecule is Cc1cc(/C(O)=C2/C(=O)C(=O)N(Cc3ccccn3)C2c2ccc(Cl)cc2)ccc1OC(C)C. The van der Waals surface area contributed by atoms with Crippen LogP contribution >= 0.6 is 11.6 Å². The molecule has 3 aromatic rings. The number of nitrogens with zero attached hydrogens (tertiary/aromatic N) is 2. The normalized spacial score (nSPS) is 17.4. The first-order valence-electron chi connectivity index (χ1n) is 11.0. The van der Waals surface area contributed by atoms with Gasteiger partial charge in [0.2, 0.25) is 0 Å². The molecule has 4 rings (SSSR count). The zero-order chi connectivity index (χ0) is 24.4.